The maximum Gasteiger partial charge on any atom is 0.255 e. The van der Waals surface area contributed by atoms with Crippen molar-refractivity contribution in [2.24, 2.45) is 0 Å². The Hall–Kier alpha value is -2.28. The molecule has 120 valence electrons. The van der Waals surface area contributed by atoms with E-state index in [1.54, 1.807) is 38.1 Å². The van der Waals surface area contributed by atoms with Crippen molar-refractivity contribution in [1.29, 1.82) is 0 Å². The molecule has 1 aliphatic heterocycles. The largest absolute Gasteiger partial charge is 0.345 e. The lowest BCUT2D eigenvalue weighted by Gasteiger charge is -2.26. The Morgan fingerprint density at radius 2 is 2.00 bits per heavy atom. The number of carbonyl (C=O) groups excluding carboxylic acids is 1. The fraction of sp³-hybridized carbons (Fsp3) is 0.312. The van der Waals surface area contributed by atoms with Gasteiger partial charge in [0.2, 0.25) is 0 Å². The lowest BCUT2D eigenvalue weighted by molar-refractivity contribution is 0.0933. The van der Waals surface area contributed by atoms with E-state index in [9.17, 15) is 13.2 Å². The number of aromatic nitrogens is 2. The van der Waals surface area contributed by atoms with Crippen LogP contribution in [0, 0.1) is 13.8 Å². The van der Waals surface area contributed by atoms with Crippen LogP contribution in [0.2, 0.25) is 0 Å². The van der Waals surface area contributed by atoms with Gasteiger partial charge in [-0.05, 0) is 31.9 Å². The maximum atomic E-state index is 12.5. The van der Waals surface area contributed by atoms with Crippen LogP contribution in [0.3, 0.4) is 0 Å². The number of rotatable bonds is 2. The molecule has 23 heavy (non-hydrogen) atoms. The lowest BCUT2D eigenvalue weighted by atomic mass is 10.0. The van der Waals surface area contributed by atoms with Gasteiger partial charge in [0, 0.05) is 6.20 Å². The Morgan fingerprint density at radius 1 is 1.26 bits per heavy atom. The monoisotopic (exact) mass is 331 g/mol. The molecular formula is C16H17N3O3S. The number of sulfone groups is 1. The normalized spacial score (nSPS) is 19.0. The smallest absolute Gasteiger partial charge is 0.255 e. The number of aryl methyl sites for hydroxylation is 2. The third kappa shape index (κ3) is 2.96. The molecule has 1 aromatic carbocycles. The van der Waals surface area contributed by atoms with Gasteiger partial charge >= 0.3 is 0 Å². The van der Waals surface area contributed by atoms with E-state index in [1.807, 2.05) is 0 Å². The highest BCUT2D eigenvalue weighted by molar-refractivity contribution is 7.91. The Bertz CT molecular complexity index is 878. The molecule has 0 bridgehead atoms. The first-order valence-electron chi connectivity index (χ1n) is 7.31. The number of hydrogen-bond donors (Lipinski definition) is 1. The molecule has 0 saturated carbocycles. The summed E-state index contributed by atoms with van der Waals surface area (Å²) in [6, 6.07) is 6.47. The molecule has 0 radical (unpaired) electrons. The fourth-order valence-electron chi connectivity index (χ4n) is 2.78. The maximum absolute atomic E-state index is 12.5. The van der Waals surface area contributed by atoms with Gasteiger partial charge in [0.05, 0.1) is 27.9 Å². The van der Waals surface area contributed by atoms with E-state index in [1.165, 1.54) is 6.20 Å². The topological polar surface area (TPSA) is 89.0 Å². The molecule has 1 aliphatic rings. The summed E-state index contributed by atoms with van der Waals surface area (Å²) in [6.45, 7) is 3.51. The van der Waals surface area contributed by atoms with Gasteiger partial charge < -0.3 is 5.32 Å². The van der Waals surface area contributed by atoms with Crippen LogP contribution in [-0.2, 0) is 9.84 Å². The van der Waals surface area contributed by atoms with Gasteiger partial charge in [-0.15, -0.1) is 0 Å². The Labute approximate surface area is 134 Å². The molecule has 0 aliphatic carbocycles. The summed E-state index contributed by atoms with van der Waals surface area (Å²) in [5, 5.41) is 2.91. The Balaban J connectivity index is 1.90. The number of nitrogens with one attached hydrogen (secondary N) is 1. The van der Waals surface area contributed by atoms with Crippen molar-refractivity contribution in [3.8, 4) is 0 Å². The van der Waals surface area contributed by atoms with Crippen molar-refractivity contribution in [3.05, 3.63) is 53.1 Å². The highest BCUT2D eigenvalue weighted by Crippen LogP contribution is 2.32. The standard InChI is InChI=1S/C16H17N3O3S/c1-10-13(9-17-11(2)18-10)16(20)19-14-7-8-23(21,22)15-6-4-3-5-12(14)15/h3-6,9,14H,7-8H2,1-2H3,(H,19,20)/t14-/m1/s1. The molecule has 0 saturated heterocycles. The number of nitrogens with zero attached hydrogens (tertiary/aromatic N) is 2. The molecule has 3 rings (SSSR count). The molecule has 1 N–H and O–H groups in total. The predicted octanol–water partition coefficient (Wildman–Crippen LogP) is 1.74. The third-order valence-corrected chi connectivity index (χ3v) is 5.77. The summed E-state index contributed by atoms with van der Waals surface area (Å²) >= 11 is 0. The van der Waals surface area contributed by atoms with E-state index in [2.05, 4.69) is 15.3 Å². The van der Waals surface area contributed by atoms with E-state index in [4.69, 9.17) is 0 Å². The number of hydrogen-bond acceptors (Lipinski definition) is 5. The fourth-order valence-corrected chi connectivity index (χ4v) is 4.40. The summed E-state index contributed by atoms with van der Waals surface area (Å²) in [5.41, 5.74) is 1.64. The van der Waals surface area contributed by atoms with Gasteiger partial charge in [-0.25, -0.2) is 18.4 Å². The van der Waals surface area contributed by atoms with E-state index in [0.717, 1.165) is 0 Å². The van der Waals surface area contributed by atoms with Crippen LogP contribution >= 0.6 is 0 Å². The minimum Gasteiger partial charge on any atom is -0.345 e. The minimum atomic E-state index is -3.27. The van der Waals surface area contributed by atoms with Crippen LogP contribution in [0.25, 0.3) is 0 Å². The molecule has 0 fully saturated rings. The summed E-state index contributed by atoms with van der Waals surface area (Å²) in [7, 11) is -3.27. The zero-order valence-corrected chi connectivity index (χ0v) is 13.7. The van der Waals surface area contributed by atoms with Crippen LogP contribution < -0.4 is 5.32 Å². The summed E-state index contributed by atoms with van der Waals surface area (Å²) < 4.78 is 24.3. The van der Waals surface area contributed by atoms with E-state index < -0.39 is 9.84 Å². The molecule has 0 spiro atoms. The molecule has 0 unspecified atom stereocenters. The zero-order valence-electron chi connectivity index (χ0n) is 12.9. The molecule has 1 atom stereocenters. The second-order valence-corrected chi connectivity index (χ2v) is 7.67. The zero-order chi connectivity index (χ0) is 16.6. The first kappa shape index (κ1) is 15.6. The molecule has 7 heteroatoms. The summed E-state index contributed by atoms with van der Waals surface area (Å²) in [5.74, 6) is 0.341. The molecule has 6 nitrogen and oxygen atoms in total. The van der Waals surface area contributed by atoms with Gasteiger partial charge in [-0.3, -0.25) is 4.79 Å². The average molecular weight is 331 g/mol. The SMILES string of the molecule is Cc1ncc(C(=O)N[C@@H]2CCS(=O)(=O)c3ccccc32)c(C)n1. The molecule has 2 heterocycles. The number of carbonyl (C=O) groups is 1. The Morgan fingerprint density at radius 3 is 2.74 bits per heavy atom. The lowest BCUT2D eigenvalue weighted by Crippen LogP contribution is -2.34. The van der Waals surface area contributed by atoms with Crippen LogP contribution in [0.5, 0.6) is 0 Å². The van der Waals surface area contributed by atoms with Gasteiger partial charge in [0.1, 0.15) is 5.82 Å². The molecule has 2 aromatic rings. The molecular weight excluding hydrogens is 314 g/mol. The van der Waals surface area contributed by atoms with Gasteiger partial charge in [0.25, 0.3) is 5.91 Å². The molecule has 1 aromatic heterocycles. The van der Waals surface area contributed by atoms with Crippen molar-refractivity contribution in [2.45, 2.75) is 31.2 Å². The first-order valence-corrected chi connectivity index (χ1v) is 8.96. The number of amides is 1. The highest BCUT2D eigenvalue weighted by atomic mass is 32.2. The second kappa shape index (κ2) is 5.73. The van der Waals surface area contributed by atoms with Crippen LogP contribution in [0.1, 0.15) is 39.9 Å². The van der Waals surface area contributed by atoms with Crippen molar-refractivity contribution in [2.75, 3.05) is 5.75 Å². The number of fused-ring (bicyclic) bond motifs is 1. The summed E-state index contributed by atoms with van der Waals surface area (Å²) in [4.78, 5) is 21.0. The van der Waals surface area contributed by atoms with Crippen molar-refractivity contribution < 1.29 is 13.2 Å². The van der Waals surface area contributed by atoms with E-state index in [0.29, 0.717) is 34.0 Å². The quantitative estimate of drug-likeness (QED) is 0.905. The summed E-state index contributed by atoms with van der Waals surface area (Å²) in [6.07, 6.45) is 1.86. The first-order chi connectivity index (χ1) is 10.9. The minimum absolute atomic E-state index is 0.0261. The van der Waals surface area contributed by atoms with Crippen molar-refractivity contribution in [1.82, 2.24) is 15.3 Å². The van der Waals surface area contributed by atoms with E-state index in [-0.39, 0.29) is 17.7 Å². The average Bonchev–Trinajstić information content (AvgIpc) is 2.50. The van der Waals surface area contributed by atoms with Crippen LogP contribution in [0.15, 0.2) is 35.4 Å². The Kier molecular flexibility index (Phi) is 3.89. The van der Waals surface area contributed by atoms with Crippen LogP contribution in [0.4, 0.5) is 0 Å². The van der Waals surface area contributed by atoms with Gasteiger partial charge in [-0.1, -0.05) is 18.2 Å². The second-order valence-electron chi connectivity index (χ2n) is 5.59. The van der Waals surface area contributed by atoms with Gasteiger partial charge in [-0.2, -0.15) is 0 Å². The molecule has 1 amide bonds. The number of benzene rings is 1. The van der Waals surface area contributed by atoms with Crippen molar-refractivity contribution >= 4 is 15.7 Å². The van der Waals surface area contributed by atoms with E-state index >= 15 is 0 Å². The van der Waals surface area contributed by atoms with Crippen LogP contribution in [-0.4, -0.2) is 30.0 Å². The van der Waals surface area contributed by atoms with Gasteiger partial charge in [0.15, 0.2) is 9.84 Å². The predicted molar refractivity (Wildman–Crippen MR) is 84.8 cm³/mol. The third-order valence-electron chi connectivity index (χ3n) is 3.95. The highest BCUT2D eigenvalue weighted by Gasteiger charge is 2.31. The van der Waals surface area contributed by atoms with Crippen molar-refractivity contribution in [3.63, 3.8) is 0 Å².